The highest BCUT2D eigenvalue weighted by molar-refractivity contribution is 6.02. The summed E-state index contributed by atoms with van der Waals surface area (Å²) in [4.78, 5) is 151. The van der Waals surface area contributed by atoms with E-state index in [9.17, 15) is 53.1 Å². The zero-order valence-corrected chi connectivity index (χ0v) is 51.2. The molecular weight excluding hydrogens is 1140 g/mol. The molecule has 1 aromatic rings. The van der Waals surface area contributed by atoms with E-state index in [4.69, 9.17) is 51.6 Å². The number of nitrogens with one attached hydrogen (secondary N) is 10. The standard InChI is InChI=1S/C55H102N22O11/c1-33(2)44(75-53(87)45(42(78)29-61)76-46(80)35(62)14-3-6-20-56)52(86)68-31-43(79)70-39(17-11-24-60)54(88)77-27-13-19-41(77)51(85)74-40(28-34-30-65-32-69-34)50(84)73-37(16-5-8-22-58)48(82)72-38(18-12-26-67-55(63)64)49(83)71-36(15-4-7-21-57)47(81)66-25-10-9-23-59/h18,30,32-33,35-37,39-42,44-45,78H,3-17,19-29,31,56-62H2,1-2H3,(H,65,69)(H,66,81)(H,68,86)(H,70,79)(H,71,83)(H,72,82)(H,73,84)(H,74,85)(H,75,87)(H,76,80)(H4,63,64,67)/b38-18-/t35?,36-,37-,39+,40?,41-,42?,44?,45-/m0/s1. The van der Waals surface area contributed by atoms with Crippen molar-refractivity contribution >= 4 is 65.0 Å². The van der Waals surface area contributed by atoms with Crippen LogP contribution in [0.25, 0.3) is 0 Å². The van der Waals surface area contributed by atoms with Crippen molar-refractivity contribution in [3.8, 4) is 0 Å². The number of guanidine groups is 1. The van der Waals surface area contributed by atoms with Gasteiger partial charge in [0.25, 0.3) is 5.91 Å². The number of H-pyrrole nitrogens is 1. The van der Waals surface area contributed by atoms with E-state index in [1.807, 2.05) is 0 Å². The maximum Gasteiger partial charge on any atom is 0.268 e. The van der Waals surface area contributed by atoms with Gasteiger partial charge < -0.3 is 114 Å². The molecule has 1 aromatic heterocycles. The quantitative estimate of drug-likeness (QED) is 0.0125. The molecule has 1 saturated heterocycles. The van der Waals surface area contributed by atoms with Crippen LogP contribution in [0.5, 0.6) is 0 Å². The van der Waals surface area contributed by atoms with Gasteiger partial charge in [-0.25, -0.2) is 4.98 Å². The number of aliphatic imine (C=N–C) groups is 1. The molecule has 0 bridgehead atoms. The SMILES string of the molecule is CC(C)C(NC(=O)[C@@H](NC(=O)C(N)CCCCN)C(O)CN)C(=O)NCC(=O)N[C@H](CCCN)C(=O)N1CCC[C@H]1C(=O)NC(Cc1cnc[nH]1)C(=O)N[C@@H](CCCCN)C(=O)N/C(=C\CCN=C(N)N)C(=O)N[C@@H](CCCCN)C(=O)NCCCCN. The Balaban J connectivity index is 2.37. The second-order valence-corrected chi connectivity index (χ2v) is 21.9. The molecule has 33 heteroatoms. The zero-order valence-electron chi connectivity index (χ0n) is 51.2. The summed E-state index contributed by atoms with van der Waals surface area (Å²) >= 11 is 0. The number of hydrogen-bond donors (Lipinski definition) is 20. The molecular formula is C55H102N22O11. The fraction of sp³-hybridized carbons (Fsp3) is 0.709. The van der Waals surface area contributed by atoms with Gasteiger partial charge in [-0.05, 0) is 135 Å². The maximum absolute atomic E-state index is 14.5. The van der Waals surface area contributed by atoms with Crippen LogP contribution in [-0.2, 0) is 54.4 Å². The summed E-state index contributed by atoms with van der Waals surface area (Å²) in [5.41, 5.74) is 51.4. The first kappa shape index (κ1) is 76.7. The second kappa shape index (κ2) is 43.3. The van der Waals surface area contributed by atoms with Gasteiger partial charge in [0.1, 0.15) is 48.0 Å². The molecule has 29 N–H and O–H groups in total. The van der Waals surface area contributed by atoms with Crippen molar-refractivity contribution in [3.05, 3.63) is 30.0 Å². The lowest BCUT2D eigenvalue weighted by atomic mass is 10.0. The Kier molecular flexibility index (Phi) is 37.7. The smallest absolute Gasteiger partial charge is 0.268 e. The number of nitrogens with two attached hydrogens (primary N) is 9. The molecule has 1 aliphatic heterocycles. The van der Waals surface area contributed by atoms with Crippen LogP contribution in [0.15, 0.2) is 29.3 Å². The molecule has 0 saturated carbocycles. The van der Waals surface area contributed by atoms with E-state index in [0.29, 0.717) is 89.7 Å². The number of rotatable bonds is 45. The zero-order chi connectivity index (χ0) is 65.6. The van der Waals surface area contributed by atoms with Gasteiger partial charge in [0.2, 0.25) is 53.2 Å². The number of aromatic nitrogens is 2. The van der Waals surface area contributed by atoms with Crippen LogP contribution in [0.1, 0.15) is 122 Å². The topological polar surface area (TPSA) is 578 Å². The Morgan fingerprint density at radius 1 is 0.670 bits per heavy atom. The average Bonchev–Trinajstić information content (AvgIpc) is 4.34. The van der Waals surface area contributed by atoms with Crippen LogP contribution in [0.3, 0.4) is 0 Å². The normalized spacial score (nSPS) is 15.9. The molecule has 1 fully saturated rings. The molecule has 2 rings (SSSR count). The van der Waals surface area contributed by atoms with E-state index < -0.39 is 133 Å². The summed E-state index contributed by atoms with van der Waals surface area (Å²) in [5.74, 6) is -8.34. The molecule has 0 spiro atoms. The van der Waals surface area contributed by atoms with E-state index in [2.05, 4.69) is 62.8 Å². The summed E-state index contributed by atoms with van der Waals surface area (Å²) in [6, 6.07) is -9.98. The lowest BCUT2D eigenvalue weighted by molar-refractivity contribution is -0.142. The number of aliphatic hydroxyl groups is 1. The number of imidazole rings is 1. The number of nitrogens with zero attached hydrogens (tertiary/aromatic N) is 3. The van der Waals surface area contributed by atoms with Crippen LogP contribution >= 0.6 is 0 Å². The summed E-state index contributed by atoms with van der Waals surface area (Å²) < 4.78 is 0. The second-order valence-electron chi connectivity index (χ2n) is 21.9. The molecule has 498 valence electrons. The van der Waals surface area contributed by atoms with Gasteiger partial charge in [0.15, 0.2) is 5.96 Å². The van der Waals surface area contributed by atoms with E-state index in [1.165, 1.54) is 23.5 Å². The monoisotopic (exact) mass is 1250 g/mol. The number of aromatic amines is 1. The minimum Gasteiger partial charge on any atom is -0.389 e. The number of unbranched alkanes of at least 4 members (excludes halogenated alkanes) is 4. The molecule has 2 heterocycles. The Bertz CT molecular complexity index is 2390. The third-order valence-corrected chi connectivity index (χ3v) is 14.3. The van der Waals surface area contributed by atoms with E-state index in [0.717, 1.165) is 0 Å². The predicted octanol–water partition coefficient (Wildman–Crippen LogP) is -7.08. The fourth-order valence-corrected chi connectivity index (χ4v) is 9.31. The highest BCUT2D eigenvalue weighted by Crippen LogP contribution is 2.21. The highest BCUT2D eigenvalue weighted by Gasteiger charge is 2.40. The third kappa shape index (κ3) is 28.6. The van der Waals surface area contributed by atoms with Gasteiger partial charge in [-0.3, -0.25) is 52.9 Å². The molecule has 0 aromatic carbocycles. The lowest BCUT2D eigenvalue weighted by Gasteiger charge is -2.30. The van der Waals surface area contributed by atoms with Crippen molar-refractivity contribution in [2.75, 3.05) is 65.4 Å². The predicted molar refractivity (Wildman–Crippen MR) is 329 cm³/mol. The Labute approximate surface area is 514 Å². The average molecular weight is 1250 g/mol. The molecule has 9 atom stereocenters. The van der Waals surface area contributed by atoms with E-state index >= 15 is 0 Å². The number of aliphatic hydroxyl groups excluding tert-OH is 1. The molecule has 10 amide bonds. The first-order valence-electron chi connectivity index (χ1n) is 30.4. The number of hydrogen-bond acceptors (Lipinski definition) is 20. The van der Waals surface area contributed by atoms with E-state index in [1.54, 1.807) is 13.8 Å². The number of carbonyl (C=O) groups excluding carboxylic acids is 10. The summed E-state index contributed by atoms with van der Waals surface area (Å²) in [5, 5.41) is 34.3. The largest absolute Gasteiger partial charge is 0.389 e. The van der Waals surface area contributed by atoms with Crippen LogP contribution < -0.4 is 99.5 Å². The van der Waals surface area contributed by atoms with E-state index in [-0.39, 0.29) is 89.2 Å². The van der Waals surface area contributed by atoms with Crippen molar-refractivity contribution in [1.29, 1.82) is 0 Å². The minimum atomic E-state index is -1.58. The molecule has 0 aliphatic carbocycles. The van der Waals surface area contributed by atoms with Crippen LogP contribution in [-0.4, -0.2) is 205 Å². The highest BCUT2D eigenvalue weighted by atomic mass is 16.3. The van der Waals surface area contributed by atoms with Crippen molar-refractivity contribution in [3.63, 3.8) is 0 Å². The minimum absolute atomic E-state index is 0.0296. The summed E-state index contributed by atoms with van der Waals surface area (Å²) in [6.45, 7) is 4.13. The Morgan fingerprint density at radius 3 is 1.86 bits per heavy atom. The van der Waals surface area contributed by atoms with Crippen LogP contribution in [0, 0.1) is 5.92 Å². The fourth-order valence-electron chi connectivity index (χ4n) is 9.31. The lowest BCUT2D eigenvalue weighted by Crippen LogP contribution is -2.61. The van der Waals surface area contributed by atoms with Gasteiger partial charge in [-0.1, -0.05) is 26.3 Å². The van der Waals surface area contributed by atoms with Crippen molar-refractivity contribution in [2.24, 2.45) is 62.5 Å². The summed E-state index contributed by atoms with van der Waals surface area (Å²) in [6.07, 6.45) is 8.19. The first-order chi connectivity index (χ1) is 42.1. The van der Waals surface area contributed by atoms with Gasteiger partial charge in [-0.15, -0.1) is 0 Å². The van der Waals surface area contributed by atoms with Crippen molar-refractivity contribution in [1.82, 2.24) is 62.7 Å². The molecule has 0 radical (unpaired) electrons. The maximum atomic E-state index is 14.5. The third-order valence-electron chi connectivity index (χ3n) is 14.3. The Morgan fingerprint density at radius 2 is 1.27 bits per heavy atom. The van der Waals surface area contributed by atoms with Crippen LogP contribution in [0.4, 0.5) is 0 Å². The number of amides is 10. The van der Waals surface area contributed by atoms with Crippen LogP contribution in [0.2, 0.25) is 0 Å². The van der Waals surface area contributed by atoms with Gasteiger partial charge in [-0.2, -0.15) is 0 Å². The molecule has 33 nitrogen and oxygen atoms in total. The van der Waals surface area contributed by atoms with Crippen molar-refractivity contribution < 1.29 is 53.1 Å². The Hall–Kier alpha value is -7.40. The van der Waals surface area contributed by atoms with Gasteiger partial charge in [0, 0.05) is 44.5 Å². The summed E-state index contributed by atoms with van der Waals surface area (Å²) in [7, 11) is 0. The number of carbonyl (C=O) groups is 10. The van der Waals surface area contributed by atoms with Gasteiger partial charge >= 0.3 is 0 Å². The van der Waals surface area contributed by atoms with Gasteiger partial charge in [0.05, 0.1) is 25.0 Å². The molecule has 88 heavy (non-hydrogen) atoms. The molecule has 4 unspecified atom stereocenters. The molecule has 1 aliphatic rings. The number of likely N-dealkylation sites (tertiary alicyclic amines) is 1. The first-order valence-corrected chi connectivity index (χ1v) is 30.4. The van der Waals surface area contributed by atoms with Crippen molar-refractivity contribution in [2.45, 2.75) is 177 Å².